The average Bonchev–Trinajstić information content (AvgIpc) is 3.26. The standard InChI is InChI=1S/C20H21NO3S/c1-14-4-8-16(9-5-14)18-19(20(18,12-21)13-24-3)25(22,23)17-10-6-15(2)7-11-17/h4-11,18-19H,13H2,1-3H3/t18-,19-,20+/m0/s1. The normalized spacial score (nSPS) is 25.4. The van der Waals surface area contributed by atoms with Gasteiger partial charge in [0.2, 0.25) is 0 Å². The van der Waals surface area contributed by atoms with Crippen molar-refractivity contribution in [3.8, 4) is 6.07 Å². The SMILES string of the molecule is COC[C@]1(C#N)[C@@H](c2ccc(C)cc2)[C@@H]1S(=O)(=O)c1ccc(C)cc1. The van der Waals surface area contributed by atoms with Gasteiger partial charge in [-0.25, -0.2) is 8.42 Å². The zero-order valence-corrected chi connectivity index (χ0v) is 15.4. The number of nitriles is 1. The van der Waals surface area contributed by atoms with Crippen molar-refractivity contribution in [1.82, 2.24) is 0 Å². The van der Waals surface area contributed by atoms with Gasteiger partial charge in [0.15, 0.2) is 9.84 Å². The van der Waals surface area contributed by atoms with E-state index < -0.39 is 20.5 Å². The highest BCUT2D eigenvalue weighted by molar-refractivity contribution is 7.92. The lowest BCUT2D eigenvalue weighted by Crippen LogP contribution is -2.19. The molecule has 1 aliphatic rings. The van der Waals surface area contributed by atoms with E-state index in [0.29, 0.717) is 0 Å². The van der Waals surface area contributed by atoms with Crippen LogP contribution in [0, 0.1) is 30.6 Å². The number of rotatable bonds is 5. The predicted molar refractivity (Wildman–Crippen MR) is 96.0 cm³/mol. The molecule has 0 unspecified atom stereocenters. The van der Waals surface area contributed by atoms with E-state index in [2.05, 4.69) is 6.07 Å². The van der Waals surface area contributed by atoms with Gasteiger partial charge in [0, 0.05) is 13.0 Å². The minimum atomic E-state index is -3.63. The maximum atomic E-state index is 13.2. The molecule has 3 rings (SSSR count). The number of ether oxygens (including phenoxy) is 1. The van der Waals surface area contributed by atoms with Gasteiger partial charge in [0.05, 0.1) is 22.8 Å². The molecule has 3 atom stereocenters. The number of nitrogens with zero attached hydrogens (tertiary/aromatic N) is 1. The highest BCUT2D eigenvalue weighted by atomic mass is 32.2. The third kappa shape index (κ3) is 2.86. The lowest BCUT2D eigenvalue weighted by molar-refractivity contribution is 0.162. The summed E-state index contributed by atoms with van der Waals surface area (Å²) >= 11 is 0. The van der Waals surface area contributed by atoms with Crippen molar-refractivity contribution in [3.05, 3.63) is 65.2 Å². The number of aryl methyl sites for hydroxylation is 2. The quantitative estimate of drug-likeness (QED) is 0.824. The van der Waals surface area contributed by atoms with Crippen molar-refractivity contribution in [1.29, 1.82) is 5.26 Å². The van der Waals surface area contributed by atoms with Crippen LogP contribution in [0.4, 0.5) is 0 Å². The molecular weight excluding hydrogens is 334 g/mol. The van der Waals surface area contributed by atoms with Gasteiger partial charge in [-0.15, -0.1) is 0 Å². The number of sulfone groups is 1. The Bertz CT molecular complexity index is 911. The van der Waals surface area contributed by atoms with Crippen LogP contribution in [0.5, 0.6) is 0 Å². The fourth-order valence-corrected chi connectivity index (χ4v) is 5.87. The van der Waals surface area contributed by atoms with Crippen LogP contribution in [-0.4, -0.2) is 27.4 Å². The van der Waals surface area contributed by atoms with Crippen LogP contribution in [-0.2, 0) is 14.6 Å². The Morgan fingerprint density at radius 3 is 2.04 bits per heavy atom. The van der Waals surface area contributed by atoms with E-state index in [9.17, 15) is 13.7 Å². The van der Waals surface area contributed by atoms with Gasteiger partial charge in [-0.2, -0.15) is 5.26 Å². The summed E-state index contributed by atoms with van der Waals surface area (Å²) in [4.78, 5) is 0.258. The zero-order valence-electron chi connectivity index (χ0n) is 14.6. The fraction of sp³-hybridized carbons (Fsp3) is 0.350. The molecule has 2 aromatic carbocycles. The molecule has 25 heavy (non-hydrogen) atoms. The lowest BCUT2D eigenvalue weighted by atomic mass is 10.0. The van der Waals surface area contributed by atoms with Crippen molar-refractivity contribution in [3.63, 3.8) is 0 Å². The second-order valence-corrected chi connectivity index (χ2v) is 8.82. The summed E-state index contributed by atoms with van der Waals surface area (Å²) in [5.74, 6) is -0.385. The summed E-state index contributed by atoms with van der Waals surface area (Å²) in [5.41, 5.74) is 1.91. The van der Waals surface area contributed by atoms with Crippen molar-refractivity contribution >= 4 is 9.84 Å². The largest absolute Gasteiger partial charge is 0.383 e. The summed E-state index contributed by atoms with van der Waals surface area (Å²) < 4.78 is 31.6. The minimum Gasteiger partial charge on any atom is -0.383 e. The molecule has 1 fully saturated rings. The highest BCUT2D eigenvalue weighted by Gasteiger charge is 2.72. The maximum absolute atomic E-state index is 13.2. The second-order valence-electron chi connectivity index (χ2n) is 6.75. The van der Waals surface area contributed by atoms with Gasteiger partial charge < -0.3 is 4.74 Å². The molecule has 1 aliphatic carbocycles. The van der Waals surface area contributed by atoms with Crippen LogP contribution in [0.1, 0.15) is 22.6 Å². The van der Waals surface area contributed by atoms with Crippen molar-refractivity contribution < 1.29 is 13.2 Å². The average molecular weight is 355 g/mol. The summed E-state index contributed by atoms with van der Waals surface area (Å²) in [6, 6.07) is 16.7. The fourth-order valence-electron chi connectivity index (χ4n) is 3.56. The third-order valence-corrected chi connectivity index (χ3v) is 7.26. The highest BCUT2D eigenvalue weighted by Crippen LogP contribution is 2.63. The topological polar surface area (TPSA) is 67.2 Å². The van der Waals surface area contributed by atoms with E-state index in [4.69, 9.17) is 4.74 Å². The van der Waals surface area contributed by atoms with Crippen LogP contribution >= 0.6 is 0 Å². The van der Waals surface area contributed by atoms with Crippen LogP contribution < -0.4 is 0 Å². The Hall–Kier alpha value is -2.16. The first-order valence-corrected chi connectivity index (χ1v) is 9.69. The first kappa shape index (κ1) is 17.7. The number of benzene rings is 2. The van der Waals surface area contributed by atoms with E-state index in [1.807, 2.05) is 38.1 Å². The van der Waals surface area contributed by atoms with Gasteiger partial charge in [-0.3, -0.25) is 0 Å². The summed E-state index contributed by atoms with van der Waals surface area (Å²) in [6.07, 6.45) is 0. The Morgan fingerprint density at radius 2 is 1.56 bits per heavy atom. The van der Waals surface area contributed by atoms with E-state index in [1.165, 1.54) is 7.11 Å². The summed E-state index contributed by atoms with van der Waals surface area (Å²) in [5, 5.41) is 9.01. The number of hydrogen-bond acceptors (Lipinski definition) is 4. The molecule has 0 radical (unpaired) electrons. The van der Waals surface area contributed by atoms with E-state index in [-0.39, 0.29) is 17.4 Å². The van der Waals surface area contributed by atoms with Crippen molar-refractivity contribution in [2.24, 2.45) is 5.41 Å². The van der Waals surface area contributed by atoms with E-state index >= 15 is 0 Å². The smallest absolute Gasteiger partial charge is 0.183 e. The molecule has 0 saturated heterocycles. The Kier molecular flexibility index (Phi) is 4.44. The molecule has 0 amide bonds. The van der Waals surface area contributed by atoms with Crippen LogP contribution in [0.2, 0.25) is 0 Å². The van der Waals surface area contributed by atoms with Crippen LogP contribution in [0.3, 0.4) is 0 Å². The first-order valence-electron chi connectivity index (χ1n) is 8.14. The number of hydrogen-bond donors (Lipinski definition) is 0. The van der Waals surface area contributed by atoms with E-state index in [0.717, 1.165) is 16.7 Å². The molecular formula is C20H21NO3S. The Balaban J connectivity index is 2.07. The number of methoxy groups -OCH3 is 1. The molecule has 0 N–H and O–H groups in total. The van der Waals surface area contributed by atoms with Gasteiger partial charge in [-0.05, 0) is 31.5 Å². The lowest BCUT2D eigenvalue weighted by Gasteiger charge is -2.08. The second kappa shape index (κ2) is 6.29. The van der Waals surface area contributed by atoms with Crippen LogP contribution in [0.25, 0.3) is 0 Å². The van der Waals surface area contributed by atoms with Crippen molar-refractivity contribution in [2.75, 3.05) is 13.7 Å². The van der Waals surface area contributed by atoms with E-state index in [1.54, 1.807) is 24.3 Å². The van der Waals surface area contributed by atoms with Crippen LogP contribution in [0.15, 0.2) is 53.4 Å². The zero-order chi connectivity index (χ0) is 18.2. The third-order valence-electron chi connectivity index (χ3n) is 4.97. The summed E-state index contributed by atoms with van der Waals surface area (Å²) in [6.45, 7) is 3.98. The molecule has 4 nitrogen and oxygen atoms in total. The predicted octanol–water partition coefficient (Wildman–Crippen LogP) is 3.40. The van der Waals surface area contributed by atoms with Gasteiger partial charge in [0.1, 0.15) is 5.41 Å². The van der Waals surface area contributed by atoms with Gasteiger partial charge in [0.25, 0.3) is 0 Å². The monoisotopic (exact) mass is 355 g/mol. The molecule has 0 aromatic heterocycles. The molecule has 2 aromatic rings. The molecule has 130 valence electrons. The molecule has 0 spiro atoms. The van der Waals surface area contributed by atoms with Crippen molar-refractivity contribution in [2.45, 2.75) is 29.9 Å². The molecule has 0 bridgehead atoms. The molecule has 1 saturated carbocycles. The molecule has 5 heteroatoms. The maximum Gasteiger partial charge on any atom is 0.183 e. The summed E-state index contributed by atoms with van der Waals surface area (Å²) in [7, 11) is -2.14. The Labute approximate surface area is 149 Å². The van der Waals surface area contributed by atoms with Gasteiger partial charge >= 0.3 is 0 Å². The first-order chi connectivity index (χ1) is 11.9. The Morgan fingerprint density at radius 1 is 1.04 bits per heavy atom. The van der Waals surface area contributed by atoms with Gasteiger partial charge in [-0.1, -0.05) is 47.5 Å². The molecule has 0 aliphatic heterocycles. The molecule has 0 heterocycles. The minimum absolute atomic E-state index is 0.0950.